The minimum atomic E-state index is -0.533. The van der Waals surface area contributed by atoms with Crippen molar-refractivity contribution >= 4 is 11.6 Å². The Morgan fingerprint density at radius 1 is 1.45 bits per heavy atom. The number of aromatic amines is 1. The molecule has 1 amide bonds. The topological polar surface area (TPSA) is 91.2 Å². The van der Waals surface area contributed by atoms with Crippen LogP contribution in [0.25, 0.3) is 0 Å². The van der Waals surface area contributed by atoms with Gasteiger partial charge in [0.25, 0.3) is 5.91 Å². The number of amides is 1. The molecule has 0 aromatic carbocycles. The van der Waals surface area contributed by atoms with E-state index in [1.807, 2.05) is 0 Å². The zero-order valence-corrected chi connectivity index (χ0v) is 11.4. The van der Waals surface area contributed by atoms with Gasteiger partial charge in [-0.25, -0.2) is 0 Å². The van der Waals surface area contributed by atoms with E-state index < -0.39 is 5.91 Å². The number of nitrogens with one attached hydrogen (secondary N) is 2. The quantitative estimate of drug-likeness (QED) is 0.741. The van der Waals surface area contributed by atoms with E-state index in [1.54, 1.807) is 0 Å². The van der Waals surface area contributed by atoms with Crippen molar-refractivity contribution in [1.29, 1.82) is 0 Å². The largest absolute Gasteiger partial charge is 0.383 e. The van der Waals surface area contributed by atoms with Crippen LogP contribution in [0.5, 0.6) is 0 Å². The molecule has 20 heavy (non-hydrogen) atoms. The fourth-order valence-corrected chi connectivity index (χ4v) is 3.35. The summed E-state index contributed by atoms with van der Waals surface area (Å²) >= 11 is 0. The summed E-state index contributed by atoms with van der Waals surface area (Å²) in [4.78, 5) is 27.7. The standard InChI is InChI=1S/C14H20N4O2/c15-14(20)11-8-17-13(19)6-12(11)16-7-10-5-9-1-3-18(10)4-2-9/h6,8-10H,1-5,7H2,(H2,15,20)(H2,16,17,19)/t10-/m1/s1. The van der Waals surface area contributed by atoms with Gasteiger partial charge in [0.15, 0.2) is 0 Å². The smallest absolute Gasteiger partial charge is 0.252 e. The second-order valence-corrected chi connectivity index (χ2v) is 5.74. The second kappa shape index (κ2) is 5.28. The molecule has 1 aromatic heterocycles. The van der Waals surface area contributed by atoms with Crippen LogP contribution in [-0.4, -0.2) is 41.5 Å². The van der Waals surface area contributed by atoms with Crippen LogP contribution < -0.4 is 16.6 Å². The molecule has 0 saturated carbocycles. The van der Waals surface area contributed by atoms with Gasteiger partial charge in [-0.15, -0.1) is 0 Å². The first-order chi connectivity index (χ1) is 9.63. The zero-order valence-electron chi connectivity index (χ0n) is 11.4. The van der Waals surface area contributed by atoms with Crippen molar-refractivity contribution in [3.05, 3.63) is 28.2 Å². The number of carbonyl (C=O) groups excluding carboxylic acids is 1. The molecule has 3 aliphatic heterocycles. The lowest BCUT2D eigenvalue weighted by atomic mass is 9.83. The average Bonchev–Trinajstić information content (AvgIpc) is 2.46. The number of pyridine rings is 1. The van der Waals surface area contributed by atoms with Gasteiger partial charge in [0.05, 0.1) is 11.3 Å². The highest BCUT2D eigenvalue weighted by Gasteiger charge is 2.33. The van der Waals surface area contributed by atoms with Gasteiger partial charge in [0.1, 0.15) is 0 Å². The normalized spacial score (nSPS) is 28.3. The molecule has 6 nitrogen and oxygen atoms in total. The molecule has 4 heterocycles. The van der Waals surface area contributed by atoms with Crippen LogP contribution in [0.3, 0.4) is 0 Å². The highest BCUT2D eigenvalue weighted by molar-refractivity contribution is 5.98. The van der Waals surface area contributed by atoms with E-state index in [0.717, 1.165) is 25.6 Å². The van der Waals surface area contributed by atoms with Gasteiger partial charge in [-0.05, 0) is 38.3 Å². The first kappa shape index (κ1) is 13.2. The molecule has 1 aromatic rings. The first-order valence-corrected chi connectivity index (χ1v) is 7.14. The number of nitrogens with two attached hydrogens (primary N) is 1. The van der Waals surface area contributed by atoms with Crippen molar-refractivity contribution < 1.29 is 4.79 Å². The molecular weight excluding hydrogens is 256 g/mol. The maximum Gasteiger partial charge on any atom is 0.252 e. The number of fused-ring (bicyclic) bond motifs is 3. The number of nitrogens with zero attached hydrogens (tertiary/aromatic N) is 1. The fourth-order valence-electron chi connectivity index (χ4n) is 3.35. The molecule has 3 aliphatic rings. The second-order valence-electron chi connectivity index (χ2n) is 5.74. The summed E-state index contributed by atoms with van der Waals surface area (Å²) in [5.74, 6) is 0.302. The third kappa shape index (κ3) is 2.56. The molecule has 0 aliphatic carbocycles. The summed E-state index contributed by atoms with van der Waals surface area (Å²) in [5.41, 5.74) is 5.95. The number of aromatic nitrogens is 1. The zero-order chi connectivity index (χ0) is 14.1. The van der Waals surface area contributed by atoms with Gasteiger partial charge in [0.2, 0.25) is 5.56 Å². The van der Waals surface area contributed by atoms with E-state index in [9.17, 15) is 9.59 Å². The summed E-state index contributed by atoms with van der Waals surface area (Å²) in [6.07, 6.45) is 5.17. The Labute approximate surface area is 117 Å². The van der Waals surface area contributed by atoms with Crippen LogP contribution in [-0.2, 0) is 0 Å². The number of carbonyl (C=O) groups is 1. The number of primary amides is 1. The Morgan fingerprint density at radius 3 is 2.80 bits per heavy atom. The molecule has 4 N–H and O–H groups in total. The Kier molecular flexibility index (Phi) is 3.48. The highest BCUT2D eigenvalue weighted by Crippen LogP contribution is 2.31. The van der Waals surface area contributed by atoms with Crippen molar-refractivity contribution in [3.63, 3.8) is 0 Å². The molecule has 108 valence electrons. The van der Waals surface area contributed by atoms with Crippen molar-refractivity contribution in [2.45, 2.75) is 25.3 Å². The monoisotopic (exact) mass is 276 g/mol. The lowest BCUT2D eigenvalue weighted by Crippen LogP contribution is -2.51. The van der Waals surface area contributed by atoms with Crippen LogP contribution in [0.15, 0.2) is 17.1 Å². The summed E-state index contributed by atoms with van der Waals surface area (Å²) < 4.78 is 0. The Hall–Kier alpha value is -1.82. The van der Waals surface area contributed by atoms with E-state index in [-0.39, 0.29) is 5.56 Å². The van der Waals surface area contributed by atoms with Gasteiger partial charge < -0.3 is 16.0 Å². The number of anilines is 1. The first-order valence-electron chi connectivity index (χ1n) is 7.14. The SMILES string of the molecule is NC(=O)c1c[nH]c(=O)cc1NC[C@H]1CC2CCN1CC2. The van der Waals surface area contributed by atoms with Crippen LogP contribution in [0, 0.1) is 5.92 Å². The molecular formula is C14H20N4O2. The lowest BCUT2D eigenvalue weighted by molar-refractivity contribution is 0.0563. The van der Waals surface area contributed by atoms with Crippen molar-refractivity contribution in [2.24, 2.45) is 11.7 Å². The summed E-state index contributed by atoms with van der Waals surface area (Å²) in [6.45, 7) is 3.07. The maximum absolute atomic E-state index is 11.4. The molecule has 1 atom stereocenters. The predicted molar refractivity (Wildman–Crippen MR) is 76.8 cm³/mol. The molecule has 0 unspecified atom stereocenters. The molecule has 2 bridgehead atoms. The van der Waals surface area contributed by atoms with Crippen molar-refractivity contribution in [1.82, 2.24) is 9.88 Å². The fraction of sp³-hybridized carbons (Fsp3) is 0.571. The van der Waals surface area contributed by atoms with Crippen LogP contribution in [0.2, 0.25) is 0 Å². The van der Waals surface area contributed by atoms with Gasteiger partial charge in [-0.2, -0.15) is 0 Å². The van der Waals surface area contributed by atoms with E-state index in [2.05, 4.69) is 15.2 Å². The van der Waals surface area contributed by atoms with Gasteiger partial charge >= 0.3 is 0 Å². The number of rotatable bonds is 4. The average molecular weight is 276 g/mol. The third-order valence-electron chi connectivity index (χ3n) is 4.49. The van der Waals surface area contributed by atoms with Gasteiger partial charge in [-0.1, -0.05) is 0 Å². The molecule has 3 saturated heterocycles. The predicted octanol–water partition coefficient (Wildman–Crippen LogP) is 0.370. The molecule has 6 heteroatoms. The molecule has 0 radical (unpaired) electrons. The van der Waals surface area contributed by atoms with Crippen LogP contribution in [0.4, 0.5) is 5.69 Å². The Bertz CT molecular complexity index is 561. The van der Waals surface area contributed by atoms with Crippen molar-refractivity contribution in [3.8, 4) is 0 Å². The maximum atomic E-state index is 11.4. The minimum Gasteiger partial charge on any atom is -0.383 e. The summed E-state index contributed by atoms with van der Waals surface area (Å²) in [6, 6.07) is 1.89. The third-order valence-corrected chi connectivity index (χ3v) is 4.49. The van der Waals surface area contributed by atoms with Crippen LogP contribution >= 0.6 is 0 Å². The van der Waals surface area contributed by atoms with E-state index >= 15 is 0 Å². The summed E-state index contributed by atoms with van der Waals surface area (Å²) in [7, 11) is 0. The number of H-pyrrole nitrogens is 1. The number of piperidine rings is 3. The molecule has 4 rings (SSSR count). The minimum absolute atomic E-state index is 0.233. The number of hydrogen-bond donors (Lipinski definition) is 3. The molecule has 3 fully saturated rings. The van der Waals surface area contributed by atoms with Gasteiger partial charge in [0, 0.05) is 24.8 Å². The highest BCUT2D eigenvalue weighted by atomic mass is 16.1. The Balaban J connectivity index is 1.70. The summed E-state index contributed by atoms with van der Waals surface area (Å²) in [5, 5.41) is 3.23. The lowest BCUT2D eigenvalue weighted by Gasteiger charge is -2.45. The van der Waals surface area contributed by atoms with Crippen LogP contribution in [0.1, 0.15) is 29.6 Å². The molecule has 0 spiro atoms. The van der Waals surface area contributed by atoms with E-state index in [1.165, 1.54) is 31.5 Å². The Morgan fingerprint density at radius 2 is 2.20 bits per heavy atom. The van der Waals surface area contributed by atoms with E-state index in [0.29, 0.717) is 17.3 Å². The number of hydrogen-bond acceptors (Lipinski definition) is 4. The van der Waals surface area contributed by atoms with Gasteiger partial charge in [-0.3, -0.25) is 14.5 Å². The van der Waals surface area contributed by atoms with E-state index in [4.69, 9.17) is 5.73 Å². The van der Waals surface area contributed by atoms with Crippen molar-refractivity contribution in [2.75, 3.05) is 25.0 Å².